The van der Waals surface area contributed by atoms with Gasteiger partial charge in [-0.1, -0.05) is 69.6 Å². The summed E-state index contributed by atoms with van der Waals surface area (Å²) in [6, 6.07) is 11.0. The molecule has 0 aliphatic heterocycles. The van der Waals surface area contributed by atoms with Crippen LogP contribution in [0, 0.1) is 0 Å². The molecule has 0 saturated carbocycles. The van der Waals surface area contributed by atoms with Crippen LogP contribution in [0.5, 0.6) is 0 Å². The molecule has 0 spiro atoms. The van der Waals surface area contributed by atoms with Gasteiger partial charge in [-0.25, -0.2) is 5.30 Å². The number of hydrogen-bond acceptors (Lipinski definition) is 3. The van der Waals surface area contributed by atoms with Gasteiger partial charge in [-0.15, -0.1) is 0 Å². The maximum atomic E-state index is 2.52. The molecule has 0 bridgehead atoms. The van der Waals surface area contributed by atoms with E-state index in [2.05, 4.69) is 120 Å². The van der Waals surface area contributed by atoms with E-state index in [1.165, 1.54) is 5.30 Å². The number of rotatable bonds is 10. The molecule has 1 aromatic rings. The fourth-order valence-corrected chi connectivity index (χ4v) is 18.2. The first kappa shape index (κ1) is 32.8. The van der Waals surface area contributed by atoms with Gasteiger partial charge in [0, 0.05) is 42.3 Å². The van der Waals surface area contributed by atoms with Crippen LogP contribution in [0.1, 0.15) is 0 Å². The summed E-state index contributed by atoms with van der Waals surface area (Å²) in [7, 11) is 10.1. The van der Waals surface area contributed by atoms with E-state index in [0.717, 1.165) is 31.1 Å². The van der Waals surface area contributed by atoms with Crippen molar-refractivity contribution in [3.05, 3.63) is 30.3 Å². The molecule has 0 heterocycles. The third-order valence-electron chi connectivity index (χ3n) is 4.53. The minimum Gasteiger partial charge on any atom is -0.509 e. The van der Waals surface area contributed by atoms with Crippen molar-refractivity contribution in [2.75, 3.05) is 61.4 Å². The average Bonchev–Trinajstić information content (AvgIpc) is 2.55. The summed E-state index contributed by atoms with van der Waals surface area (Å²) in [6.07, 6.45) is 0. The van der Waals surface area contributed by atoms with Crippen molar-refractivity contribution in [2.45, 2.75) is 44.2 Å². The predicted molar refractivity (Wildman–Crippen MR) is 138 cm³/mol. The first-order valence-corrected chi connectivity index (χ1v) is 18.6. The monoisotopic (exact) mass is 479 g/mol. The number of hydrogen-bond donors (Lipinski definition) is 0. The Morgan fingerprint density at radius 3 is 1.38 bits per heavy atom. The van der Waals surface area contributed by atoms with Crippen LogP contribution in [0.3, 0.4) is 0 Å². The van der Waals surface area contributed by atoms with Gasteiger partial charge in [0.25, 0.3) is 0 Å². The van der Waals surface area contributed by atoms with Crippen molar-refractivity contribution in [1.82, 2.24) is 14.7 Å². The number of benzene rings is 1. The number of nitrogens with zero attached hydrogens (tertiary/aromatic N) is 3. The van der Waals surface area contributed by atoms with Gasteiger partial charge in [0.1, 0.15) is 0 Å². The Balaban J connectivity index is 0. The van der Waals surface area contributed by atoms with Gasteiger partial charge in [0.15, 0.2) is 0 Å². The van der Waals surface area contributed by atoms with Crippen LogP contribution in [0.25, 0.3) is 0 Å². The molecule has 1 rings (SSSR count). The summed E-state index contributed by atoms with van der Waals surface area (Å²) in [5.41, 5.74) is 0. The third-order valence-corrected chi connectivity index (χ3v) is 19.3. The van der Waals surface area contributed by atoms with E-state index in [1.807, 2.05) is 0 Å². The normalized spacial score (nSPS) is 12.7. The van der Waals surface area contributed by atoms with Crippen LogP contribution in [-0.4, -0.2) is 97.2 Å². The molecule has 0 radical (unpaired) electrons. The molecule has 0 aromatic heterocycles. The standard InChI is InChI=1S/C13H24PSi2.C9H23N3.K/c1-15(2,3)13(16(4,5)6)14-12-10-8-7-9-11-12;1-10(2)6-8-12(5)9-7-11(3)4;/h7-11,13H,1-6H3;6-9H2,1-5H3;/q-1;;+1. The largest absolute Gasteiger partial charge is 1.00 e. The van der Waals surface area contributed by atoms with E-state index in [0.29, 0.717) is 0 Å². The zero-order valence-corrected chi connectivity index (χ0v) is 27.6. The second-order valence-electron chi connectivity index (χ2n) is 10.5. The smallest absolute Gasteiger partial charge is 0.509 e. The van der Waals surface area contributed by atoms with Gasteiger partial charge in [-0.2, -0.15) is 4.91 Å². The van der Waals surface area contributed by atoms with Crippen LogP contribution in [0.2, 0.25) is 39.3 Å². The molecule has 29 heavy (non-hydrogen) atoms. The van der Waals surface area contributed by atoms with Crippen molar-refractivity contribution in [3.63, 3.8) is 0 Å². The molecule has 0 fully saturated rings. The molecule has 0 saturated heterocycles. The Kier molecular flexibility index (Phi) is 18.4. The summed E-state index contributed by atoms with van der Waals surface area (Å²) >= 11 is 0. The summed E-state index contributed by atoms with van der Waals surface area (Å²) in [5, 5.41) is 1.50. The zero-order valence-electron chi connectivity index (χ0n) is 21.6. The van der Waals surface area contributed by atoms with E-state index >= 15 is 0 Å². The molecule has 1 aromatic carbocycles. The van der Waals surface area contributed by atoms with Gasteiger partial charge in [-0.3, -0.25) is 0 Å². The minimum absolute atomic E-state index is 0. The maximum absolute atomic E-state index is 2.52. The van der Waals surface area contributed by atoms with Crippen LogP contribution < -0.4 is 56.7 Å². The second-order valence-corrected chi connectivity index (χ2v) is 24.0. The van der Waals surface area contributed by atoms with Crippen molar-refractivity contribution in [3.8, 4) is 0 Å². The fourth-order valence-electron chi connectivity index (χ4n) is 3.20. The Bertz CT molecular complexity index is 491. The Morgan fingerprint density at radius 2 is 1.07 bits per heavy atom. The molecule has 0 amide bonds. The Morgan fingerprint density at radius 1 is 0.690 bits per heavy atom. The van der Waals surface area contributed by atoms with Gasteiger partial charge >= 0.3 is 51.4 Å². The molecular formula is C22H47KN3PSi2. The first-order valence-electron chi connectivity index (χ1n) is 10.5. The topological polar surface area (TPSA) is 9.72 Å². The maximum Gasteiger partial charge on any atom is 1.00 e. The summed E-state index contributed by atoms with van der Waals surface area (Å²) < 4.78 is 0. The van der Waals surface area contributed by atoms with Gasteiger partial charge in [0.2, 0.25) is 0 Å². The second kappa shape index (κ2) is 16.2. The van der Waals surface area contributed by atoms with Crippen LogP contribution >= 0.6 is 8.58 Å². The van der Waals surface area contributed by atoms with Gasteiger partial charge in [0.05, 0.1) is 0 Å². The van der Waals surface area contributed by atoms with Gasteiger partial charge in [-0.05, 0) is 35.2 Å². The first-order chi connectivity index (χ1) is 12.7. The Hall–Kier alpha value is 1.60. The van der Waals surface area contributed by atoms with Crippen molar-refractivity contribution in [1.29, 1.82) is 0 Å². The van der Waals surface area contributed by atoms with E-state index in [9.17, 15) is 0 Å². The average molecular weight is 480 g/mol. The molecule has 0 N–H and O–H groups in total. The summed E-state index contributed by atoms with van der Waals surface area (Å²) in [6.45, 7) is 19.7. The van der Waals surface area contributed by atoms with Crippen molar-refractivity contribution in [2.24, 2.45) is 0 Å². The van der Waals surface area contributed by atoms with E-state index in [4.69, 9.17) is 0 Å². The molecule has 164 valence electrons. The van der Waals surface area contributed by atoms with Crippen LogP contribution in [0.4, 0.5) is 0 Å². The zero-order chi connectivity index (χ0) is 22.0. The third kappa shape index (κ3) is 17.8. The van der Waals surface area contributed by atoms with E-state index in [-0.39, 0.29) is 51.4 Å². The predicted octanol–water partition coefficient (Wildman–Crippen LogP) is 1.43. The van der Waals surface area contributed by atoms with Crippen LogP contribution in [0.15, 0.2) is 30.3 Å². The molecular weight excluding hydrogens is 433 g/mol. The quantitative estimate of drug-likeness (QED) is 0.371. The molecule has 0 atom stereocenters. The van der Waals surface area contributed by atoms with E-state index < -0.39 is 16.1 Å². The summed E-state index contributed by atoms with van der Waals surface area (Å²) in [5.74, 6) is 0. The Labute approximate surface area is 229 Å². The van der Waals surface area contributed by atoms with Crippen molar-refractivity contribution < 1.29 is 51.4 Å². The van der Waals surface area contributed by atoms with Crippen LogP contribution in [-0.2, 0) is 0 Å². The molecule has 0 aliphatic carbocycles. The molecule has 7 heteroatoms. The fraction of sp³-hybridized carbons (Fsp3) is 0.727. The van der Waals surface area contributed by atoms with Crippen molar-refractivity contribution >= 4 is 30.0 Å². The number of likely N-dealkylation sites (N-methyl/N-ethyl adjacent to an activating group) is 3. The minimum atomic E-state index is -1.06. The van der Waals surface area contributed by atoms with E-state index in [1.54, 1.807) is 8.58 Å². The summed E-state index contributed by atoms with van der Waals surface area (Å²) in [4.78, 5) is 7.74. The van der Waals surface area contributed by atoms with Gasteiger partial charge < -0.3 is 23.3 Å². The molecule has 0 aliphatic rings. The SMILES string of the molecule is CN(C)CCN(C)CCN(C)C.C[Si](C)(C)C([P-]c1ccccc1)[Si](C)(C)C.[K+]. The molecule has 0 unspecified atom stereocenters. The molecule has 3 nitrogen and oxygen atoms in total.